The highest BCUT2D eigenvalue weighted by molar-refractivity contribution is 7.12. The maximum atomic E-state index is 12.5. The minimum atomic E-state index is -0.322. The third kappa shape index (κ3) is 2.34. The third-order valence-electron chi connectivity index (χ3n) is 5.07. The Balaban J connectivity index is 1.67. The number of aliphatic hydroxyl groups excluding tert-OH is 1. The van der Waals surface area contributed by atoms with Crippen molar-refractivity contribution in [2.24, 2.45) is 5.41 Å². The number of hydrogen-bond acceptors (Lipinski definition) is 5. The molecule has 0 aromatic carbocycles. The number of piperidine rings is 1. The van der Waals surface area contributed by atoms with Crippen LogP contribution in [0, 0.1) is 16.7 Å². The zero-order valence-electron chi connectivity index (χ0n) is 12.6. The second-order valence-electron chi connectivity index (χ2n) is 6.00. The smallest absolute Gasteiger partial charge is 0.265 e. The molecule has 1 aliphatic heterocycles. The molecular formula is C16H20N2O3S. The first-order valence-corrected chi connectivity index (χ1v) is 8.57. The Morgan fingerprint density at radius 2 is 2.32 bits per heavy atom. The van der Waals surface area contributed by atoms with Gasteiger partial charge in [0.1, 0.15) is 10.9 Å². The molecule has 118 valence electrons. The molecule has 1 aliphatic carbocycles. The molecule has 2 heterocycles. The van der Waals surface area contributed by atoms with Gasteiger partial charge in [-0.05, 0) is 31.2 Å². The van der Waals surface area contributed by atoms with Crippen LogP contribution in [0.4, 0.5) is 0 Å². The van der Waals surface area contributed by atoms with E-state index in [0.717, 1.165) is 12.8 Å². The number of hydrogen-bond donors (Lipinski definition) is 1. The summed E-state index contributed by atoms with van der Waals surface area (Å²) in [6, 6.07) is 3.75. The Morgan fingerprint density at radius 1 is 1.59 bits per heavy atom. The van der Waals surface area contributed by atoms with Crippen LogP contribution in [0.1, 0.15) is 41.4 Å². The molecule has 3 rings (SSSR count). The lowest BCUT2D eigenvalue weighted by molar-refractivity contribution is -0.207. The number of thiophene rings is 1. The van der Waals surface area contributed by atoms with Gasteiger partial charge >= 0.3 is 0 Å². The van der Waals surface area contributed by atoms with Crippen LogP contribution in [-0.2, 0) is 4.74 Å². The summed E-state index contributed by atoms with van der Waals surface area (Å²) in [5.41, 5.74) is 0.270. The average molecular weight is 320 g/mol. The lowest BCUT2D eigenvalue weighted by Crippen LogP contribution is -2.62. The fraction of sp³-hybridized carbons (Fsp3) is 0.625. The van der Waals surface area contributed by atoms with Crippen molar-refractivity contribution in [3.05, 3.63) is 21.9 Å². The van der Waals surface area contributed by atoms with Gasteiger partial charge in [0.2, 0.25) is 0 Å². The van der Waals surface area contributed by atoms with Crippen LogP contribution in [0.2, 0.25) is 0 Å². The average Bonchev–Trinajstić information content (AvgIpc) is 3.03. The van der Waals surface area contributed by atoms with Crippen LogP contribution in [0.5, 0.6) is 0 Å². The molecule has 0 unspecified atom stereocenters. The topological polar surface area (TPSA) is 73.6 Å². The number of carbonyl (C=O) groups excluding carboxylic acids is 1. The number of nitriles is 1. The zero-order chi connectivity index (χ0) is 15.7. The summed E-state index contributed by atoms with van der Waals surface area (Å²) in [5.74, 6) is -0.0665. The molecule has 2 atom stereocenters. The normalized spacial score (nSPS) is 26.5. The highest BCUT2D eigenvalue weighted by Crippen LogP contribution is 2.51. The van der Waals surface area contributed by atoms with Crippen LogP contribution in [0.15, 0.2) is 11.4 Å². The molecular weight excluding hydrogens is 300 g/mol. The Hall–Kier alpha value is -1.42. The fourth-order valence-corrected chi connectivity index (χ4v) is 4.46. The van der Waals surface area contributed by atoms with Crippen LogP contribution in [0.3, 0.4) is 0 Å². The van der Waals surface area contributed by atoms with Gasteiger partial charge in [0.15, 0.2) is 0 Å². The largest absolute Gasteiger partial charge is 0.392 e. The van der Waals surface area contributed by atoms with Crippen molar-refractivity contribution in [2.75, 3.05) is 19.7 Å². The molecule has 2 aliphatic rings. The van der Waals surface area contributed by atoms with Crippen molar-refractivity contribution in [2.45, 2.75) is 38.4 Å². The second-order valence-corrected chi connectivity index (χ2v) is 6.91. The summed E-state index contributed by atoms with van der Waals surface area (Å²) in [6.07, 6.45) is 2.01. The SMILES string of the molecule is CCO[C@H]1C[C@H](O)C12CCN(C(=O)c1sccc1C#N)CC2. The van der Waals surface area contributed by atoms with Crippen molar-refractivity contribution < 1.29 is 14.6 Å². The van der Waals surface area contributed by atoms with Gasteiger partial charge in [-0.25, -0.2) is 0 Å². The molecule has 22 heavy (non-hydrogen) atoms. The second kappa shape index (κ2) is 5.99. The number of ether oxygens (including phenoxy) is 1. The quantitative estimate of drug-likeness (QED) is 0.924. The molecule has 1 aromatic heterocycles. The molecule has 6 heteroatoms. The molecule has 1 spiro atoms. The van der Waals surface area contributed by atoms with Gasteiger partial charge in [-0.15, -0.1) is 11.3 Å². The first-order valence-electron chi connectivity index (χ1n) is 7.69. The van der Waals surface area contributed by atoms with E-state index in [1.165, 1.54) is 11.3 Å². The van der Waals surface area contributed by atoms with Crippen LogP contribution in [-0.4, -0.2) is 47.8 Å². The van der Waals surface area contributed by atoms with E-state index in [0.29, 0.717) is 36.6 Å². The summed E-state index contributed by atoms with van der Waals surface area (Å²) in [4.78, 5) is 14.9. The fourth-order valence-electron chi connectivity index (χ4n) is 3.65. The van der Waals surface area contributed by atoms with Crippen molar-refractivity contribution in [1.29, 1.82) is 5.26 Å². The molecule has 0 bridgehead atoms. The van der Waals surface area contributed by atoms with Crippen molar-refractivity contribution >= 4 is 17.2 Å². The van der Waals surface area contributed by atoms with Gasteiger partial charge in [-0.1, -0.05) is 0 Å². The monoisotopic (exact) mass is 320 g/mol. The summed E-state index contributed by atoms with van der Waals surface area (Å²) in [7, 11) is 0. The first-order chi connectivity index (χ1) is 10.6. The maximum absolute atomic E-state index is 12.5. The lowest BCUT2D eigenvalue weighted by Gasteiger charge is -2.56. The van der Waals surface area contributed by atoms with Crippen LogP contribution >= 0.6 is 11.3 Å². The van der Waals surface area contributed by atoms with Crippen molar-refractivity contribution in [3.8, 4) is 6.07 Å². The summed E-state index contributed by atoms with van der Waals surface area (Å²) in [5, 5.41) is 21.0. The van der Waals surface area contributed by atoms with Gasteiger partial charge in [0, 0.05) is 31.5 Å². The van der Waals surface area contributed by atoms with Gasteiger partial charge in [0.05, 0.1) is 17.8 Å². The Bertz CT molecular complexity index is 597. The summed E-state index contributed by atoms with van der Waals surface area (Å²) >= 11 is 1.32. The number of likely N-dealkylation sites (tertiary alicyclic amines) is 1. The predicted octanol–water partition coefficient (Wildman–Crippen LogP) is 2.01. The molecule has 1 amide bonds. The number of rotatable bonds is 3. The van der Waals surface area contributed by atoms with E-state index in [4.69, 9.17) is 10.00 Å². The van der Waals surface area contributed by atoms with E-state index < -0.39 is 0 Å². The van der Waals surface area contributed by atoms with Gasteiger partial charge in [-0.3, -0.25) is 4.79 Å². The van der Waals surface area contributed by atoms with E-state index in [1.54, 1.807) is 16.3 Å². The van der Waals surface area contributed by atoms with E-state index in [1.807, 2.05) is 6.92 Å². The van der Waals surface area contributed by atoms with Crippen LogP contribution < -0.4 is 0 Å². The molecule has 1 aromatic rings. The minimum Gasteiger partial charge on any atom is -0.392 e. The molecule has 5 nitrogen and oxygen atoms in total. The van der Waals surface area contributed by atoms with Crippen LogP contribution in [0.25, 0.3) is 0 Å². The highest BCUT2D eigenvalue weighted by Gasteiger charge is 2.56. The Labute approximate surface area is 134 Å². The molecule has 0 radical (unpaired) electrons. The van der Waals surface area contributed by atoms with Crippen molar-refractivity contribution in [1.82, 2.24) is 4.90 Å². The van der Waals surface area contributed by atoms with Gasteiger partial charge < -0.3 is 14.7 Å². The molecule has 1 saturated heterocycles. The third-order valence-corrected chi connectivity index (χ3v) is 5.97. The Kier molecular flexibility index (Phi) is 4.22. The van der Waals surface area contributed by atoms with Gasteiger partial charge in [-0.2, -0.15) is 5.26 Å². The van der Waals surface area contributed by atoms with E-state index in [2.05, 4.69) is 6.07 Å². The molecule has 1 N–H and O–H groups in total. The van der Waals surface area contributed by atoms with E-state index >= 15 is 0 Å². The minimum absolute atomic E-state index is 0.0665. The molecule has 1 saturated carbocycles. The number of aliphatic hydroxyl groups is 1. The Morgan fingerprint density at radius 3 is 2.91 bits per heavy atom. The number of carbonyl (C=O) groups is 1. The van der Waals surface area contributed by atoms with Gasteiger partial charge in [0.25, 0.3) is 5.91 Å². The summed E-state index contributed by atoms with van der Waals surface area (Å²) < 4.78 is 5.74. The van der Waals surface area contributed by atoms with E-state index in [-0.39, 0.29) is 23.5 Å². The number of amides is 1. The highest BCUT2D eigenvalue weighted by atomic mass is 32.1. The molecule has 2 fully saturated rings. The zero-order valence-corrected chi connectivity index (χ0v) is 13.4. The predicted molar refractivity (Wildman–Crippen MR) is 82.6 cm³/mol. The first kappa shape index (κ1) is 15.5. The lowest BCUT2D eigenvalue weighted by atomic mass is 9.58. The standard InChI is InChI=1S/C16H20N2O3S/c1-2-21-13-9-12(19)16(13)4-6-18(7-5-16)15(20)14-11(10-17)3-8-22-14/h3,8,12-13,19H,2,4-7,9H2,1H3/t12-,13-/m0/s1. The van der Waals surface area contributed by atoms with Crippen molar-refractivity contribution in [3.63, 3.8) is 0 Å². The van der Waals surface area contributed by atoms with E-state index in [9.17, 15) is 9.90 Å². The number of nitrogens with zero attached hydrogens (tertiary/aromatic N) is 2. The maximum Gasteiger partial charge on any atom is 0.265 e. The summed E-state index contributed by atoms with van der Waals surface area (Å²) in [6.45, 7) is 3.85.